The second kappa shape index (κ2) is 12.5. The molecule has 4 N–H and O–H groups in total. The van der Waals surface area contributed by atoms with Crippen molar-refractivity contribution >= 4 is 40.4 Å². The highest BCUT2D eigenvalue weighted by Crippen LogP contribution is 2.22. The number of rotatable bonds is 12. The van der Waals surface area contributed by atoms with E-state index in [0.717, 1.165) is 17.3 Å². The Kier molecular flexibility index (Phi) is 9.18. The molecule has 3 aromatic rings. The largest absolute Gasteiger partial charge is 0.481 e. The number of anilines is 1. The maximum atomic E-state index is 13.4. The number of carbonyl (C=O) groups excluding carboxylic acids is 2. The lowest BCUT2D eigenvalue weighted by Gasteiger charge is -2.32. The number of para-hydroxylation sites is 1. The first-order valence-electron chi connectivity index (χ1n) is 11.0. The third-order valence-electron chi connectivity index (χ3n) is 5.26. The van der Waals surface area contributed by atoms with Crippen LogP contribution in [-0.2, 0) is 20.8 Å². The van der Waals surface area contributed by atoms with Crippen LogP contribution in [0.15, 0.2) is 85.2 Å². The summed E-state index contributed by atoms with van der Waals surface area (Å²) in [4.78, 5) is 53.9. The predicted molar refractivity (Wildman–Crippen MR) is 135 cm³/mol. The number of nitrogens with zero attached hydrogens (tertiary/aromatic N) is 1. The van der Waals surface area contributed by atoms with Crippen molar-refractivity contribution in [3.63, 3.8) is 0 Å². The Labute approximate surface area is 212 Å². The van der Waals surface area contributed by atoms with Gasteiger partial charge in [-0.1, -0.05) is 60.3 Å². The fourth-order valence-electron chi connectivity index (χ4n) is 3.48. The Balaban J connectivity index is 1.86. The van der Waals surface area contributed by atoms with Gasteiger partial charge in [0.25, 0.3) is 0 Å². The van der Waals surface area contributed by atoms with E-state index in [2.05, 4.69) is 15.6 Å². The first-order valence-corrected chi connectivity index (χ1v) is 12.0. The van der Waals surface area contributed by atoms with Gasteiger partial charge in [0, 0.05) is 29.4 Å². The number of benzene rings is 2. The molecule has 1 aromatic heterocycles. The molecule has 9 nitrogen and oxygen atoms in total. The zero-order chi connectivity index (χ0) is 26.0. The summed E-state index contributed by atoms with van der Waals surface area (Å²) in [6.45, 7) is 0. The van der Waals surface area contributed by atoms with Crippen LogP contribution in [0.3, 0.4) is 0 Å². The number of carbonyl (C=O) groups is 4. The Bertz CT molecular complexity index is 1190. The number of carboxylic acids is 2. The number of aliphatic carboxylic acids is 2. The molecule has 0 saturated carbocycles. The van der Waals surface area contributed by atoms with Crippen molar-refractivity contribution in [3.8, 4) is 0 Å². The number of hydrogen-bond acceptors (Lipinski definition) is 7. The molecule has 3 rings (SSSR count). The molecule has 0 fully saturated rings. The number of pyridine rings is 1. The fraction of sp³-hybridized carbons (Fsp3) is 0.192. The molecule has 0 radical (unpaired) electrons. The molecular formula is C26H25N3O6S. The van der Waals surface area contributed by atoms with Gasteiger partial charge in [-0.2, -0.15) is 0 Å². The van der Waals surface area contributed by atoms with Gasteiger partial charge in [-0.25, -0.2) is 4.79 Å². The van der Waals surface area contributed by atoms with Gasteiger partial charge in [0.2, 0.25) is 16.7 Å². The third kappa shape index (κ3) is 7.41. The van der Waals surface area contributed by atoms with Crippen LogP contribution in [0, 0.1) is 5.92 Å². The zero-order valence-electron chi connectivity index (χ0n) is 19.2. The van der Waals surface area contributed by atoms with Crippen molar-refractivity contribution in [2.75, 3.05) is 11.1 Å². The van der Waals surface area contributed by atoms with E-state index >= 15 is 0 Å². The molecule has 1 heterocycles. The summed E-state index contributed by atoms with van der Waals surface area (Å²) in [5.74, 6) is -4.45. The van der Waals surface area contributed by atoms with E-state index < -0.39 is 35.8 Å². The van der Waals surface area contributed by atoms with Crippen molar-refractivity contribution in [2.45, 2.75) is 18.5 Å². The molecule has 186 valence electrons. The summed E-state index contributed by atoms with van der Waals surface area (Å²) in [5, 5.41) is 24.3. The summed E-state index contributed by atoms with van der Waals surface area (Å²) in [6.07, 6.45) is 2.27. The number of aromatic nitrogens is 1. The van der Waals surface area contributed by atoms with Crippen molar-refractivity contribution in [1.82, 2.24) is 10.3 Å². The summed E-state index contributed by atoms with van der Waals surface area (Å²) in [6, 6.07) is 20.5. The molecule has 0 aliphatic heterocycles. The SMILES string of the molecule is O=C(O)CC(NC(=O)C(CSC(=O)c1cccnc1)Cc1ccccc1)(Nc1ccccc1)C(=O)O. The maximum Gasteiger partial charge on any atom is 0.351 e. The molecule has 0 aliphatic rings. The predicted octanol–water partition coefficient (Wildman–Crippen LogP) is 3.30. The molecule has 2 aromatic carbocycles. The molecule has 10 heteroatoms. The van der Waals surface area contributed by atoms with Gasteiger partial charge in [-0.3, -0.25) is 19.4 Å². The van der Waals surface area contributed by atoms with E-state index in [4.69, 9.17) is 0 Å². The van der Waals surface area contributed by atoms with Crippen molar-refractivity contribution in [3.05, 3.63) is 96.3 Å². The lowest BCUT2D eigenvalue weighted by atomic mass is 9.98. The number of thioether (sulfide) groups is 1. The minimum atomic E-state index is -2.31. The van der Waals surface area contributed by atoms with Gasteiger partial charge in [0.05, 0.1) is 12.3 Å². The van der Waals surface area contributed by atoms with Gasteiger partial charge in [0.1, 0.15) is 0 Å². The number of carboxylic acid groups (broad SMARTS) is 2. The van der Waals surface area contributed by atoms with Crippen LogP contribution in [0.4, 0.5) is 5.69 Å². The van der Waals surface area contributed by atoms with E-state index in [1.54, 1.807) is 60.8 Å². The molecule has 0 spiro atoms. The van der Waals surface area contributed by atoms with Gasteiger partial charge in [-0.05, 0) is 36.2 Å². The van der Waals surface area contributed by atoms with Gasteiger partial charge >= 0.3 is 11.9 Å². The van der Waals surface area contributed by atoms with Crippen LogP contribution in [0.25, 0.3) is 0 Å². The lowest BCUT2D eigenvalue weighted by Crippen LogP contribution is -2.62. The number of nitrogens with one attached hydrogen (secondary N) is 2. The molecule has 36 heavy (non-hydrogen) atoms. The highest BCUT2D eigenvalue weighted by molar-refractivity contribution is 8.14. The molecule has 0 aliphatic carbocycles. The maximum absolute atomic E-state index is 13.4. The minimum absolute atomic E-state index is 0.0442. The monoisotopic (exact) mass is 507 g/mol. The minimum Gasteiger partial charge on any atom is -0.481 e. The molecule has 2 unspecified atom stereocenters. The van der Waals surface area contributed by atoms with Crippen LogP contribution < -0.4 is 10.6 Å². The van der Waals surface area contributed by atoms with E-state index in [9.17, 15) is 29.4 Å². The summed E-state index contributed by atoms with van der Waals surface area (Å²) in [7, 11) is 0. The van der Waals surface area contributed by atoms with Crippen LogP contribution >= 0.6 is 11.8 Å². The molecule has 1 amide bonds. The Morgan fingerprint density at radius 1 is 0.917 bits per heavy atom. The van der Waals surface area contributed by atoms with Gasteiger partial charge in [-0.15, -0.1) is 0 Å². The third-order valence-corrected chi connectivity index (χ3v) is 6.33. The van der Waals surface area contributed by atoms with Crippen LogP contribution in [0.5, 0.6) is 0 Å². The van der Waals surface area contributed by atoms with Crippen molar-refractivity contribution < 1.29 is 29.4 Å². The van der Waals surface area contributed by atoms with E-state index in [1.165, 1.54) is 6.20 Å². The Hall–Kier alpha value is -4.18. The van der Waals surface area contributed by atoms with E-state index in [-0.39, 0.29) is 17.3 Å². The first kappa shape index (κ1) is 26.4. The van der Waals surface area contributed by atoms with Gasteiger partial charge < -0.3 is 20.8 Å². The van der Waals surface area contributed by atoms with E-state index in [0.29, 0.717) is 11.3 Å². The van der Waals surface area contributed by atoms with Gasteiger partial charge in [0.15, 0.2) is 0 Å². The van der Waals surface area contributed by atoms with Crippen LogP contribution in [0.1, 0.15) is 22.3 Å². The average molecular weight is 508 g/mol. The summed E-state index contributed by atoms with van der Waals surface area (Å²) >= 11 is 0.914. The normalized spacial score (nSPS) is 13.1. The summed E-state index contributed by atoms with van der Waals surface area (Å²) < 4.78 is 0. The zero-order valence-corrected chi connectivity index (χ0v) is 20.0. The standard InChI is InChI=1S/C26H25N3O6S/c30-22(31)15-26(25(34)35,28-21-11-5-2-6-12-21)29-23(32)20(14-18-8-3-1-4-9-18)17-36-24(33)19-10-7-13-27-16-19/h1-13,16,20,28H,14-15,17H2,(H,29,32)(H,30,31)(H,34,35). The Morgan fingerprint density at radius 3 is 2.17 bits per heavy atom. The van der Waals surface area contributed by atoms with Crippen LogP contribution in [-0.4, -0.2) is 49.6 Å². The van der Waals surface area contributed by atoms with Crippen molar-refractivity contribution in [2.24, 2.45) is 5.92 Å². The average Bonchev–Trinajstić information content (AvgIpc) is 2.87. The topological polar surface area (TPSA) is 146 Å². The smallest absolute Gasteiger partial charge is 0.351 e. The Morgan fingerprint density at radius 2 is 1.58 bits per heavy atom. The number of hydrogen-bond donors (Lipinski definition) is 4. The fourth-order valence-corrected chi connectivity index (χ4v) is 4.39. The highest BCUT2D eigenvalue weighted by Gasteiger charge is 2.44. The van der Waals surface area contributed by atoms with Crippen molar-refractivity contribution in [1.29, 1.82) is 0 Å². The summed E-state index contributed by atoms with van der Waals surface area (Å²) in [5.41, 5.74) is -0.806. The quantitative estimate of drug-likeness (QED) is 0.271. The molecule has 0 bridgehead atoms. The molecular weight excluding hydrogens is 482 g/mol. The number of amides is 1. The van der Waals surface area contributed by atoms with E-state index in [1.807, 2.05) is 18.2 Å². The van der Waals surface area contributed by atoms with Crippen LogP contribution in [0.2, 0.25) is 0 Å². The second-order valence-electron chi connectivity index (χ2n) is 7.99. The highest BCUT2D eigenvalue weighted by atomic mass is 32.2. The second-order valence-corrected chi connectivity index (χ2v) is 8.98. The lowest BCUT2D eigenvalue weighted by molar-refractivity contribution is -0.152. The molecule has 0 saturated heterocycles. The molecule has 2 atom stereocenters. The first-order chi connectivity index (χ1) is 17.3.